The molecule has 26 heavy (non-hydrogen) atoms. The number of benzene rings is 2. The molecule has 0 fully saturated rings. The second-order valence-electron chi connectivity index (χ2n) is 6.45. The molecule has 1 atom stereocenters. The van der Waals surface area contributed by atoms with E-state index >= 15 is 0 Å². The Morgan fingerprint density at radius 3 is 2.54 bits per heavy atom. The molecule has 0 bridgehead atoms. The molecule has 0 aromatic heterocycles. The minimum Gasteiger partial charge on any atom is -0.497 e. The molecule has 2 nitrogen and oxygen atoms in total. The summed E-state index contributed by atoms with van der Waals surface area (Å²) >= 11 is 6.17. The van der Waals surface area contributed by atoms with Gasteiger partial charge in [0.05, 0.1) is 7.11 Å². The Kier molecular flexibility index (Phi) is 8.43. The van der Waals surface area contributed by atoms with E-state index in [-0.39, 0.29) is 11.7 Å². The van der Waals surface area contributed by atoms with Crippen LogP contribution in [0.1, 0.15) is 56.1 Å². The first-order valence-corrected chi connectivity index (χ1v) is 9.60. The number of hydrogen-bond acceptors (Lipinski definition) is 2. The minimum atomic E-state index is -0.0209. The van der Waals surface area contributed by atoms with E-state index in [1.54, 1.807) is 13.2 Å². The number of carbonyl (C=O) groups is 1. The summed E-state index contributed by atoms with van der Waals surface area (Å²) < 4.78 is 5.24. The first-order valence-electron chi connectivity index (χ1n) is 9.22. The summed E-state index contributed by atoms with van der Waals surface area (Å²) in [5.41, 5.74) is 2.14. The lowest BCUT2D eigenvalue weighted by atomic mass is 9.87. The molecule has 0 saturated carbocycles. The summed E-state index contributed by atoms with van der Waals surface area (Å²) in [5, 5.41) is 0.684. The molecule has 0 unspecified atom stereocenters. The molecule has 0 aliphatic heterocycles. The third kappa shape index (κ3) is 6.34. The van der Waals surface area contributed by atoms with E-state index in [1.165, 1.54) is 12.8 Å². The van der Waals surface area contributed by atoms with Gasteiger partial charge in [-0.25, -0.2) is 0 Å². The average Bonchev–Trinajstić information content (AvgIpc) is 2.66. The highest BCUT2D eigenvalue weighted by atomic mass is 35.5. The number of methoxy groups -OCH3 is 1. The van der Waals surface area contributed by atoms with E-state index in [0.29, 0.717) is 11.4 Å². The molecule has 0 N–H and O–H groups in total. The van der Waals surface area contributed by atoms with Gasteiger partial charge in [-0.2, -0.15) is 0 Å². The second kappa shape index (κ2) is 10.8. The maximum absolute atomic E-state index is 12.5. The SMILES string of the molecule is CCCCC/C=C/C(=O)C[C@H](c1ccc(OC)cc1)c1cccc(Cl)c1. The molecule has 0 amide bonds. The van der Waals surface area contributed by atoms with E-state index < -0.39 is 0 Å². The van der Waals surface area contributed by atoms with E-state index in [2.05, 4.69) is 6.92 Å². The van der Waals surface area contributed by atoms with Gasteiger partial charge in [-0.05, 0) is 54.3 Å². The smallest absolute Gasteiger partial charge is 0.156 e. The van der Waals surface area contributed by atoms with Crippen LogP contribution in [-0.4, -0.2) is 12.9 Å². The quantitative estimate of drug-likeness (QED) is 0.349. The van der Waals surface area contributed by atoms with Crippen LogP contribution in [0.5, 0.6) is 5.75 Å². The Balaban J connectivity index is 2.16. The van der Waals surface area contributed by atoms with Crippen LogP contribution in [0.25, 0.3) is 0 Å². The Bertz CT molecular complexity index is 719. The monoisotopic (exact) mass is 370 g/mol. The third-order valence-corrected chi connectivity index (χ3v) is 4.69. The zero-order valence-corrected chi connectivity index (χ0v) is 16.3. The van der Waals surface area contributed by atoms with Gasteiger partial charge in [-0.1, -0.05) is 61.7 Å². The summed E-state index contributed by atoms with van der Waals surface area (Å²) in [5.74, 6) is 0.926. The fourth-order valence-electron chi connectivity index (χ4n) is 2.98. The number of rotatable bonds is 10. The number of unbranched alkanes of at least 4 members (excludes halogenated alkanes) is 3. The van der Waals surface area contributed by atoms with Crippen LogP contribution in [0.2, 0.25) is 5.02 Å². The highest BCUT2D eigenvalue weighted by Gasteiger charge is 2.17. The maximum atomic E-state index is 12.5. The highest BCUT2D eigenvalue weighted by Crippen LogP contribution is 2.31. The van der Waals surface area contributed by atoms with Gasteiger partial charge in [-0.15, -0.1) is 0 Å². The number of ketones is 1. The van der Waals surface area contributed by atoms with Gasteiger partial charge in [-0.3, -0.25) is 4.79 Å². The van der Waals surface area contributed by atoms with Crippen molar-refractivity contribution in [2.75, 3.05) is 7.11 Å². The number of carbonyl (C=O) groups excluding carboxylic acids is 1. The molecule has 2 rings (SSSR count). The van der Waals surface area contributed by atoms with Gasteiger partial charge in [0.15, 0.2) is 5.78 Å². The molecular weight excluding hydrogens is 344 g/mol. The standard InChI is InChI=1S/C23H27ClO2/c1-3-4-5-6-7-11-21(25)17-23(19-9-8-10-20(24)16-19)18-12-14-22(26-2)15-13-18/h7-16,23H,3-6,17H2,1-2H3/b11-7+/t23-/m1/s1. The van der Waals surface area contributed by atoms with Gasteiger partial charge >= 0.3 is 0 Å². The van der Waals surface area contributed by atoms with E-state index in [0.717, 1.165) is 29.7 Å². The average molecular weight is 371 g/mol. The molecule has 0 spiro atoms. The van der Waals surface area contributed by atoms with E-state index in [9.17, 15) is 4.79 Å². The Morgan fingerprint density at radius 2 is 1.88 bits per heavy atom. The van der Waals surface area contributed by atoms with Crippen molar-refractivity contribution in [2.45, 2.75) is 44.9 Å². The van der Waals surface area contributed by atoms with Crippen molar-refractivity contribution in [3.8, 4) is 5.75 Å². The molecule has 0 radical (unpaired) electrons. The second-order valence-corrected chi connectivity index (χ2v) is 6.89. The lowest BCUT2D eigenvalue weighted by molar-refractivity contribution is -0.114. The van der Waals surface area contributed by atoms with Crippen LogP contribution >= 0.6 is 11.6 Å². The van der Waals surface area contributed by atoms with Gasteiger partial charge in [0.1, 0.15) is 5.75 Å². The predicted molar refractivity (Wildman–Crippen MR) is 109 cm³/mol. The number of ether oxygens (including phenoxy) is 1. The van der Waals surface area contributed by atoms with Crippen LogP contribution in [0.15, 0.2) is 60.7 Å². The van der Waals surface area contributed by atoms with Crippen molar-refractivity contribution < 1.29 is 9.53 Å². The molecule has 0 aliphatic carbocycles. The highest BCUT2D eigenvalue weighted by molar-refractivity contribution is 6.30. The van der Waals surface area contributed by atoms with Crippen LogP contribution < -0.4 is 4.74 Å². The minimum absolute atomic E-state index is 0.0209. The van der Waals surface area contributed by atoms with E-state index in [1.807, 2.05) is 54.6 Å². The van der Waals surface area contributed by atoms with Crippen LogP contribution in [0, 0.1) is 0 Å². The van der Waals surface area contributed by atoms with Gasteiger partial charge < -0.3 is 4.74 Å². The first-order chi connectivity index (χ1) is 12.6. The summed E-state index contributed by atoms with van der Waals surface area (Å²) in [4.78, 5) is 12.5. The largest absolute Gasteiger partial charge is 0.497 e. The Morgan fingerprint density at radius 1 is 1.12 bits per heavy atom. The topological polar surface area (TPSA) is 26.3 Å². The zero-order valence-electron chi connectivity index (χ0n) is 15.6. The van der Waals surface area contributed by atoms with Crippen molar-refractivity contribution in [2.24, 2.45) is 0 Å². The van der Waals surface area contributed by atoms with Gasteiger partial charge in [0, 0.05) is 17.4 Å². The predicted octanol–water partition coefficient (Wildman–Crippen LogP) is 6.58. The molecule has 3 heteroatoms. The molecule has 2 aromatic carbocycles. The van der Waals surface area contributed by atoms with Crippen LogP contribution in [0.3, 0.4) is 0 Å². The molecular formula is C23H27ClO2. The molecule has 0 saturated heterocycles. The summed E-state index contributed by atoms with van der Waals surface area (Å²) in [7, 11) is 1.65. The molecule has 0 aliphatic rings. The summed E-state index contributed by atoms with van der Waals surface area (Å²) in [6.45, 7) is 2.18. The fraction of sp³-hybridized carbons (Fsp3) is 0.348. The number of allylic oxidation sites excluding steroid dienone is 2. The zero-order chi connectivity index (χ0) is 18.8. The number of halogens is 1. The van der Waals surface area contributed by atoms with Gasteiger partial charge in [0.2, 0.25) is 0 Å². The number of hydrogen-bond donors (Lipinski definition) is 0. The van der Waals surface area contributed by atoms with Crippen LogP contribution in [0.4, 0.5) is 0 Å². The summed E-state index contributed by atoms with van der Waals surface area (Å²) in [6, 6.07) is 15.6. The van der Waals surface area contributed by atoms with Crippen LogP contribution in [-0.2, 0) is 4.79 Å². The van der Waals surface area contributed by atoms with Crippen molar-refractivity contribution in [1.82, 2.24) is 0 Å². The molecule has 138 valence electrons. The first kappa shape index (κ1) is 20.3. The molecule has 0 heterocycles. The normalized spacial score (nSPS) is 12.3. The van der Waals surface area contributed by atoms with E-state index in [4.69, 9.17) is 16.3 Å². The molecule has 2 aromatic rings. The summed E-state index contributed by atoms with van der Waals surface area (Å²) in [6.07, 6.45) is 8.65. The van der Waals surface area contributed by atoms with Crippen molar-refractivity contribution in [1.29, 1.82) is 0 Å². The van der Waals surface area contributed by atoms with Crippen molar-refractivity contribution in [3.05, 3.63) is 76.8 Å². The third-order valence-electron chi connectivity index (χ3n) is 4.45. The Labute approximate surface area is 161 Å². The van der Waals surface area contributed by atoms with Crippen molar-refractivity contribution in [3.63, 3.8) is 0 Å². The Hall–Kier alpha value is -2.06. The lowest BCUT2D eigenvalue weighted by Gasteiger charge is -2.17. The lowest BCUT2D eigenvalue weighted by Crippen LogP contribution is -2.07. The fourth-order valence-corrected chi connectivity index (χ4v) is 3.18. The van der Waals surface area contributed by atoms with Gasteiger partial charge in [0.25, 0.3) is 0 Å². The van der Waals surface area contributed by atoms with Crippen molar-refractivity contribution >= 4 is 17.4 Å². The maximum Gasteiger partial charge on any atom is 0.156 e.